The smallest absolute Gasteiger partial charge is 0.329 e. The highest BCUT2D eigenvalue weighted by molar-refractivity contribution is 5.81. The quantitative estimate of drug-likeness (QED) is 0.874. The van der Waals surface area contributed by atoms with Crippen LogP contribution in [0.2, 0.25) is 0 Å². The molecule has 4 unspecified atom stereocenters. The van der Waals surface area contributed by atoms with Crippen molar-refractivity contribution in [3.8, 4) is 0 Å². The van der Waals surface area contributed by atoms with Gasteiger partial charge in [0.1, 0.15) is 6.54 Å². The van der Waals surface area contributed by atoms with Crippen LogP contribution in [0.25, 0.3) is 11.0 Å². The number of hydrogen-bond acceptors (Lipinski definition) is 3. The van der Waals surface area contributed by atoms with Crippen LogP contribution in [0.3, 0.4) is 0 Å². The number of aromatic nitrogens is 2. The molecule has 4 atom stereocenters. The summed E-state index contributed by atoms with van der Waals surface area (Å²) in [5, 5.41) is 12.7. The van der Waals surface area contributed by atoms with Crippen molar-refractivity contribution in [3.63, 3.8) is 0 Å². The zero-order valence-corrected chi connectivity index (χ0v) is 13.8. The van der Waals surface area contributed by atoms with Crippen molar-refractivity contribution in [2.75, 3.05) is 6.61 Å². The van der Waals surface area contributed by atoms with E-state index in [1.165, 1.54) is 4.57 Å². The first-order valence-electron chi connectivity index (χ1n) is 8.64. The second-order valence-electron chi connectivity index (χ2n) is 7.19. The molecule has 1 aromatic heterocycles. The highest BCUT2D eigenvalue weighted by Crippen LogP contribution is 2.48. The summed E-state index contributed by atoms with van der Waals surface area (Å²) >= 11 is 0. The lowest BCUT2D eigenvalue weighted by Gasteiger charge is -2.30. The second-order valence-corrected chi connectivity index (χ2v) is 7.19. The monoisotopic (exact) mass is 329 g/mol. The summed E-state index contributed by atoms with van der Waals surface area (Å²) < 4.78 is 3.09. The van der Waals surface area contributed by atoms with Gasteiger partial charge in [0.25, 0.3) is 0 Å². The Morgan fingerprint density at radius 1 is 1.25 bits per heavy atom. The molecule has 128 valence electrons. The van der Waals surface area contributed by atoms with E-state index in [1.807, 2.05) is 24.3 Å². The third-order valence-electron chi connectivity index (χ3n) is 5.98. The van der Waals surface area contributed by atoms with Crippen LogP contribution in [0.4, 0.5) is 0 Å². The number of aliphatic hydroxyl groups is 1. The van der Waals surface area contributed by atoms with Crippen LogP contribution in [0.1, 0.15) is 19.3 Å². The molecular weight excluding hydrogens is 306 g/mol. The lowest BCUT2D eigenvalue weighted by atomic mass is 9.85. The molecule has 2 fully saturated rings. The number of rotatable bonds is 4. The first-order valence-corrected chi connectivity index (χ1v) is 8.64. The molecule has 2 saturated carbocycles. The highest BCUT2D eigenvalue weighted by atomic mass is 16.3. The Labute approximate surface area is 140 Å². The van der Waals surface area contributed by atoms with E-state index in [0.29, 0.717) is 11.8 Å². The Morgan fingerprint density at radius 3 is 2.71 bits per heavy atom. The molecule has 24 heavy (non-hydrogen) atoms. The number of imidazole rings is 1. The van der Waals surface area contributed by atoms with Gasteiger partial charge in [-0.15, -0.1) is 0 Å². The maximum Gasteiger partial charge on any atom is 0.329 e. The van der Waals surface area contributed by atoms with Gasteiger partial charge in [0.05, 0.1) is 11.0 Å². The molecule has 0 saturated heterocycles. The number of amides is 1. The molecule has 0 spiro atoms. The fourth-order valence-electron chi connectivity index (χ4n) is 4.79. The summed E-state index contributed by atoms with van der Waals surface area (Å²) in [6.45, 7) is 0.145. The Morgan fingerprint density at radius 2 is 1.96 bits per heavy atom. The van der Waals surface area contributed by atoms with Crippen LogP contribution in [0, 0.1) is 17.8 Å². The molecule has 2 N–H and O–H groups in total. The highest BCUT2D eigenvalue weighted by Gasteiger charge is 2.47. The van der Waals surface area contributed by atoms with Gasteiger partial charge in [-0.3, -0.25) is 13.9 Å². The van der Waals surface area contributed by atoms with E-state index in [0.717, 1.165) is 30.3 Å². The molecule has 1 amide bonds. The third-order valence-corrected chi connectivity index (χ3v) is 5.98. The van der Waals surface area contributed by atoms with E-state index >= 15 is 0 Å². The predicted molar refractivity (Wildman–Crippen MR) is 90.5 cm³/mol. The van der Waals surface area contributed by atoms with Crippen molar-refractivity contribution in [1.82, 2.24) is 14.5 Å². The van der Waals surface area contributed by atoms with Crippen LogP contribution in [0.5, 0.6) is 0 Å². The van der Waals surface area contributed by atoms with Crippen molar-refractivity contribution >= 4 is 16.9 Å². The summed E-state index contributed by atoms with van der Waals surface area (Å²) in [5.74, 6) is 1.02. The SMILES string of the molecule is Cn1c(=O)n(CC(=O)NC2C3CCC(C3)C2CO)c2ccccc21. The number of para-hydroxylation sites is 2. The molecule has 0 radical (unpaired) electrons. The van der Waals surface area contributed by atoms with E-state index in [2.05, 4.69) is 5.32 Å². The van der Waals surface area contributed by atoms with Crippen LogP contribution < -0.4 is 11.0 Å². The van der Waals surface area contributed by atoms with Crippen LogP contribution in [-0.4, -0.2) is 32.8 Å². The van der Waals surface area contributed by atoms with E-state index in [9.17, 15) is 14.7 Å². The maximum absolute atomic E-state index is 12.5. The van der Waals surface area contributed by atoms with Gasteiger partial charge in [-0.2, -0.15) is 0 Å². The molecule has 6 heteroatoms. The molecule has 6 nitrogen and oxygen atoms in total. The van der Waals surface area contributed by atoms with Gasteiger partial charge in [-0.05, 0) is 43.2 Å². The Bertz CT molecular complexity index is 838. The number of benzene rings is 1. The molecule has 0 aliphatic heterocycles. The topological polar surface area (TPSA) is 76.3 Å². The lowest BCUT2D eigenvalue weighted by molar-refractivity contribution is -0.123. The second kappa shape index (κ2) is 5.77. The molecular formula is C18H23N3O3. The molecule has 4 rings (SSSR count). The molecule has 2 aliphatic carbocycles. The number of nitrogens with one attached hydrogen (secondary N) is 1. The first-order chi connectivity index (χ1) is 11.6. The zero-order chi connectivity index (χ0) is 16.8. The summed E-state index contributed by atoms with van der Waals surface area (Å²) in [7, 11) is 1.72. The largest absolute Gasteiger partial charge is 0.396 e. The first kappa shape index (κ1) is 15.4. The molecule has 1 aromatic carbocycles. The van der Waals surface area contributed by atoms with Crippen molar-refractivity contribution < 1.29 is 9.90 Å². The Kier molecular flexibility index (Phi) is 3.72. The van der Waals surface area contributed by atoms with E-state index in [1.54, 1.807) is 11.6 Å². The normalized spacial score (nSPS) is 28.6. The molecule has 2 aromatic rings. The minimum atomic E-state index is -0.182. The summed E-state index contributed by atoms with van der Waals surface area (Å²) in [6.07, 6.45) is 3.38. The van der Waals surface area contributed by atoms with Gasteiger partial charge in [0, 0.05) is 25.6 Å². The average molecular weight is 329 g/mol. The number of carbonyl (C=O) groups is 1. The van der Waals surface area contributed by atoms with Gasteiger partial charge in [0.15, 0.2) is 0 Å². The summed E-state index contributed by atoms with van der Waals surface area (Å²) in [5.41, 5.74) is 1.41. The third kappa shape index (κ3) is 2.28. The lowest BCUT2D eigenvalue weighted by Crippen LogP contribution is -2.47. The number of nitrogens with zero attached hydrogens (tertiary/aromatic N) is 2. The van der Waals surface area contributed by atoms with Gasteiger partial charge in [0.2, 0.25) is 5.91 Å². The minimum Gasteiger partial charge on any atom is -0.396 e. The van der Waals surface area contributed by atoms with Crippen LogP contribution in [0.15, 0.2) is 29.1 Å². The average Bonchev–Trinajstić information content (AvgIpc) is 3.25. The van der Waals surface area contributed by atoms with Crippen molar-refractivity contribution in [2.45, 2.75) is 31.8 Å². The van der Waals surface area contributed by atoms with E-state index in [4.69, 9.17) is 0 Å². The van der Waals surface area contributed by atoms with Gasteiger partial charge >= 0.3 is 5.69 Å². The fraction of sp³-hybridized carbons (Fsp3) is 0.556. The van der Waals surface area contributed by atoms with E-state index < -0.39 is 0 Å². The maximum atomic E-state index is 12.5. The zero-order valence-electron chi connectivity index (χ0n) is 13.8. The number of aryl methyl sites for hydroxylation is 1. The fourth-order valence-corrected chi connectivity index (χ4v) is 4.79. The van der Waals surface area contributed by atoms with Crippen LogP contribution >= 0.6 is 0 Å². The van der Waals surface area contributed by atoms with Gasteiger partial charge in [-0.1, -0.05) is 12.1 Å². The number of fused-ring (bicyclic) bond motifs is 3. The number of carbonyl (C=O) groups excluding carboxylic acids is 1. The number of hydrogen-bond donors (Lipinski definition) is 2. The molecule has 2 aliphatic rings. The van der Waals surface area contributed by atoms with Gasteiger partial charge in [-0.25, -0.2) is 4.79 Å². The minimum absolute atomic E-state index is 0.0201. The molecule has 2 bridgehead atoms. The molecule has 1 heterocycles. The Balaban J connectivity index is 1.55. The van der Waals surface area contributed by atoms with Crippen molar-refractivity contribution in [3.05, 3.63) is 34.7 Å². The Hall–Kier alpha value is -2.08. The number of aliphatic hydroxyl groups excluding tert-OH is 1. The van der Waals surface area contributed by atoms with Crippen molar-refractivity contribution in [2.24, 2.45) is 24.8 Å². The summed E-state index contributed by atoms with van der Waals surface area (Å²) in [6, 6.07) is 7.54. The van der Waals surface area contributed by atoms with Crippen molar-refractivity contribution in [1.29, 1.82) is 0 Å². The summed E-state index contributed by atoms with van der Waals surface area (Å²) in [4.78, 5) is 25.0. The standard InChI is InChI=1S/C18H23N3O3/c1-20-14-4-2-3-5-15(14)21(18(20)24)9-16(23)19-17-12-7-6-11(8-12)13(17)10-22/h2-5,11-13,17,22H,6-10H2,1H3,(H,19,23). The van der Waals surface area contributed by atoms with Gasteiger partial charge < -0.3 is 10.4 Å². The van der Waals surface area contributed by atoms with Crippen LogP contribution in [-0.2, 0) is 18.4 Å². The van der Waals surface area contributed by atoms with E-state index in [-0.39, 0.29) is 36.7 Å². The predicted octanol–water partition coefficient (Wildman–Crippen LogP) is 0.863.